The first kappa shape index (κ1) is 19.6. The van der Waals surface area contributed by atoms with Crippen molar-refractivity contribution in [2.45, 2.75) is 20.8 Å². The summed E-state index contributed by atoms with van der Waals surface area (Å²) in [6.45, 7) is 5.46. The zero-order valence-corrected chi connectivity index (χ0v) is 16.6. The zero-order chi connectivity index (χ0) is 20.3. The molecule has 0 radical (unpaired) electrons. The van der Waals surface area contributed by atoms with E-state index in [-0.39, 0.29) is 11.7 Å². The molecule has 2 N–H and O–H groups in total. The van der Waals surface area contributed by atoms with Gasteiger partial charge in [-0.3, -0.25) is 9.59 Å². The predicted molar refractivity (Wildman–Crippen MR) is 113 cm³/mol. The molecule has 3 rings (SSSR count). The molecule has 0 saturated heterocycles. The molecule has 5 nitrogen and oxygen atoms in total. The van der Waals surface area contributed by atoms with Crippen molar-refractivity contribution >= 4 is 40.5 Å². The summed E-state index contributed by atoms with van der Waals surface area (Å²) < 4.78 is 0. The van der Waals surface area contributed by atoms with Crippen molar-refractivity contribution in [3.63, 3.8) is 0 Å². The van der Waals surface area contributed by atoms with Crippen LogP contribution in [-0.2, 0) is 0 Å². The maximum Gasteiger partial charge on any atom is 0.257 e. The van der Waals surface area contributed by atoms with Gasteiger partial charge in [0.2, 0.25) is 0 Å². The quantitative estimate of drug-likeness (QED) is 0.557. The van der Waals surface area contributed by atoms with Crippen LogP contribution in [0.15, 0.2) is 54.7 Å². The first-order chi connectivity index (χ1) is 13.3. The highest BCUT2D eigenvalue weighted by molar-refractivity contribution is 6.33. The second kappa shape index (κ2) is 8.23. The number of hydrogen-bond donors (Lipinski definition) is 2. The molecule has 0 aliphatic heterocycles. The summed E-state index contributed by atoms with van der Waals surface area (Å²) in [5, 5.41) is 6.60. The van der Waals surface area contributed by atoms with Crippen molar-refractivity contribution in [2.24, 2.45) is 0 Å². The Morgan fingerprint density at radius 2 is 1.64 bits per heavy atom. The van der Waals surface area contributed by atoms with E-state index in [4.69, 9.17) is 11.6 Å². The van der Waals surface area contributed by atoms with Crippen LogP contribution in [0.2, 0.25) is 5.02 Å². The Labute approximate surface area is 168 Å². The van der Waals surface area contributed by atoms with Gasteiger partial charge in [-0.05, 0) is 74.4 Å². The Morgan fingerprint density at radius 3 is 2.21 bits per heavy atom. The minimum Gasteiger partial charge on any atom is -0.339 e. The Hall–Kier alpha value is -3.18. The van der Waals surface area contributed by atoms with Gasteiger partial charge in [0.05, 0.1) is 16.3 Å². The Balaban J connectivity index is 1.70. The molecule has 0 aliphatic rings. The van der Waals surface area contributed by atoms with Crippen LogP contribution in [0.25, 0.3) is 0 Å². The summed E-state index contributed by atoms with van der Waals surface area (Å²) >= 11 is 6.31. The lowest BCUT2D eigenvalue weighted by Gasteiger charge is -2.12. The summed E-state index contributed by atoms with van der Waals surface area (Å²) in [4.78, 5) is 28.0. The first-order valence-corrected chi connectivity index (χ1v) is 9.13. The number of nitrogens with zero attached hydrogens (tertiary/aromatic N) is 1. The minimum absolute atomic E-state index is 0.0194. The number of pyridine rings is 1. The van der Waals surface area contributed by atoms with Gasteiger partial charge >= 0.3 is 0 Å². The highest BCUT2D eigenvalue weighted by atomic mass is 35.5. The lowest BCUT2D eigenvalue weighted by molar-refractivity contribution is 0.101. The van der Waals surface area contributed by atoms with Crippen LogP contribution in [0.3, 0.4) is 0 Å². The SMILES string of the molecule is CC(=O)c1ccc(NC(=O)c2ccc(Nc3c(C)cc(C)cc3Cl)nc2)cc1. The van der Waals surface area contributed by atoms with Crippen LogP contribution in [0.1, 0.15) is 38.8 Å². The molecule has 0 saturated carbocycles. The third-order valence-electron chi connectivity index (χ3n) is 4.26. The van der Waals surface area contributed by atoms with E-state index in [9.17, 15) is 9.59 Å². The number of rotatable bonds is 5. The van der Waals surface area contributed by atoms with E-state index in [1.54, 1.807) is 36.4 Å². The number of Topliss-reactive ketones (excluding diaryl/α,β-unsaturated/α-hetero) is 1. The molecule has 0 atom stereocenters. The van der Waals surface area contributed by atoms with E-state index in [2.05, 4.69) is 15.6 Å². The van der Waals surface area contributed by atoms with Crippen LogP contribution in [0.4, 0.5) is 17.2 Å². The highest BCUT2D eigenvalue weighted by Crippen LogP contribution is 2.29. The molecule has 0 aliphatic carbocycles. The average Bonchev–Trinajstić information content (AvgIpc) is 2.65. The topological polar surface area (TPSA) is 71.1 Å². The summed E-state index contributed by atoms with van der Waals surface area (Å²) in [6.07, 6.45) is 1.50. The largest absolute Gasteiger partial charge is 0.339 e. The number of amides is 1. The third kappa shape index (κ3) is 4.56. The van der Waals surface area contributed by atoms with Crippen molar-refractivity contribution in [1.29, 1.82) is 0 Å². The molecule has 0 bridgehead atoms. The Kier molecular flexibility index (Phi) is 5.76. The number of nitrogens with one attached hydrogen (secondary N) is 2. The number of carbonyl (C=O) groups excluding carboxylic acids is 2. The average molecular weight is 394 g/mol. The highest BCUT2D eigenvalue weighted by Gasteiger charge is 2.10. The molecular weight excluding hydrogens is 374 g/mol. The van der Waals surface area contributed by atoms with E-state index in [0.717, 1.165) is 16.8 Å². The molecule has 6 heteroatoms. The smallest absolute Gasteiger partial charge is 0.257 e. The summed E-state index contributed by atoms with van der Waals surface area (Å²) in [5.41, 5.74) is 4.53. The van der Waals surface area contributed by atoms with E-state index in [0.29, 0.717) is 27.7 Å². The fourth-order valence-electron chi connectivity index (χ4n) is 2.80. The number of halogens is 1. The van der Waals surface area contributed by atoms with Gasteiger partial charge in [-0.25, -0.2) is 4.98 Å². The van der Waals surface area contributed by atoms with Crippen LogP contribution < -0.4 is 10.6 Å². The Morgan fingerprint density at radius 1 is 0.964 bits per heavy atom. The molecule has 2 aromatic carbocycles. The van der Waals surface area contributed by atoms with E-state index in [1.807, 2.05) is 26.0 Å². The lowest BCUT2D eigenvalue weighted by Crippen LogP contribution is -2.12. The normalized spacial score (nSPS) is 10.4. The summed E-state index contributed by atoms with van der Waals surface area (Å²) in [6, 6.07) is 14.1. The van der Waals surface area contributed by atoms with E-state index in [1.165, 1.54) is 13.1 Å². The fraction of sp³-hybridized carbons (Fsp3) is 0.136. The van der Waals surface area contributed by atoms with Crippen molar-refractivity contribution in [1.82, 2.24) is 4.98 Å². The maximum atomic E-state index is 12.4. The zero-order valence-electron chi connectivity index (χ0n) is 15.8. The molecule has 28 heavy (non-hydrogen) atoms. The van der Waals surface area contributed by atoms with Crippen molar-refractivity contribution in [2.75, 3.05) is 10.6 Å². The second-order valence-electron chi connectivity index (χ2n) is 6.58. The fourth-order valence-corrected chi connectivity index (χ4v) is 3.16. The number of aryl methyl sites for hydroxylation is 2. The predicted octanol–water partition coefficient (Wildman–Crippen LogP) is 5.55. The number of benzene rings is 2. The minimum atomic E-state index is -0.279. The van der Waals surface area contributed by atoms with Crippen LogP contribution >= 0.6 is 11.6 Å². The van der Waals surface area contributed by atoms with Gasteiger partial charge in [-0.1, -0.05) is 17.7 Å². The van der Waals surface area contributed by atoms with Crippen molar-refractivity contribution in [3.05, 3.63) is 82.0 Å². The van der Waals surface area contributed by atoms with Gasteiger partial charge in [0.1, 0.15) is 5.82 Å². The molecule has 0 unspecified atom stereocenters. The van der Waals surface area contributed by atoms with Crippen molar-refractivity contribution < 1.29 is 9.59 Å². The number of aromatic nitrogens is 1. The van der Waals surface area contributed by atoms with Gasteiger partial charge in [0, 0.05) is 17.4 Å². The molecule has 142 valence electrons. The molecule has 1 heterocycles. The maximum absolute atomic E-state index is 12.4. The van der Waals surface area contributed by atoms with Gasteiger partial charge in [0.25, 0.3) is 5.91 Å². The number of anilines is 3. The van der Waals surface area contributed by atoms with Crippen LogP contribution in [0.5, 0.6) is 0 Å². The standard InChI is InChI=1S/C22H20ClN3O2/c1-13-10-14(2)21(19(23)11-13)26-20-9-6-17(12-24-20)22(28)25-18-7-4-16(5-8-18)15(3)27/h4-12H,1-3H3,(H,24,26)(H,25,28). The van der Waals surface area contributed by atoms with Crippen LogP contribution in [-0.4, -0.2) is 16.7 Å². The van der Waals surface area contributed by atoms with E-state index >= 15 is 0 Å². The van der Waals surface area contributed by atoms with Gasteiger partial charge in [-0.2, -0.15) is 0 Å². The van der Waals surface area contributed by atoms with Crippen LogP contribution in [0, 0.1) is 13.8 Å². The molecular formula is C22H20ClN3O2. The molecule has 3 aromatic rings. The third-order valence-corrected chi connectivity index (χ3v) is 4.56. The monoisotopic (exact) mass is 393 g/mol. The lowest BCUT2D eigenvalue weighted by atomic mass is 10.1. The molecule has 0 fully saturated rings. The number of hydrogen-bond acceptors (Lipinski definition) is 4. The summed E-state index contributed by atoms with van der Waals surface area (Å²) in [5.74, 6) is 0.296. The molecule has 1 amide bonds. The van der Waals surface area contributed by atoms with Gasteiger partial charge in [0.15, 0.2) is 5.78 Å². The Bertz CT molecular complexity index is 1010. The van der Waals surface area contributed by atoms with Crippen molar-refractivity contribution in [3.8, 4) is 0 Å². The van der Waals surface area contributed by atoms with Gasteiger partial charge in [-0.15, -0.1) is 0 Å². The number of ketones is 1. The first-order valence-electron chi connectivity index (χ1n) is 8.75. The van der Waals surface area contributed by atoms with Gasteiger partial charge < -0.3 is 10.6 Å². The second-order valence-corrected chi connectivity index (χ2v) is 6.99. The molecule has 1 aromatic heterocycles. The van der Waals surface area contributed by atoms with E-state index < -0.39 is 0 Å². The number of carbonyl (C=O) groups is 2. The summed E-state index contributed by atoms with van der Waals surface area (Å²) in [7, 11) is 0. The molecule has 0 spiro atoms.